The van der Waals surface area contributed by atoms with Crippen molar-refractivity contribution in [1.29, 1.82) is 0 Å². The number of likely N-dealkylation sites (tertiary alicyclic amines) is 1. The summed E-state index contributed by atoms with van der Waals surface area (Å²) in [6, 6.07) is 0.313. The summed E-state index contributed by atoms with van der Waals surface area (Å²) in [5, 5.41) is 0. The zero-order valence-electron chi connectivity index (χ0n) is 6.29. The summed E-state index contributed by atoms with van der Waals surface area (Å²) in [6.07, 6.45) is 5.96. The Bertz CT molecular complexity index is 192. The van der Waals surface area contributed by atoms with E-state index in [-0.39, 0.29) is 11.8 Å². The number of carbonyl (C=O) groups is 1. The molecule has 0 spiro atoms. The molecule has 0 unspecified atom stereocenters. The van der Waals surface area contributed by atoms with Gasteiger partial charge in [0.15, 0.2) is 0 Å². The highest BCUT2D eigenvalue weighted by atomic mass is 16.2. The van der Waals surface area contributed by atoms with Crippen LogP contribution in [0.15, 0.2) is 0 Å². The van der Waals surface area contributed by atoms with Crippen LogP contribution in [0.3, 0.4) is 0 Å². The zero-order valence-corrected chi connectivity index (χ0v) is 6.29. The van der Waals surface area contributed by atoms with Gasteiger partial charge in [-0.15, -0.1) is 6.42 Å². The van der Waals surface area contributed by atoms with Crippen molar-refractivity contribution < 1.29 is 4.79 Å². The molecule has 0 aromatic heterocycles. The van der Waals surface area contributed by atoms with E-state index < -0.39 is 0 Å². The molecule has 1 heterocycles. The van der Waals surface area contributed by atoms with Crippen molar-refractivity contribution in [2.75, 3.05) is 7.05 Å². The number of amides is 1. The van der Waals surface area contributed by atoms with Crippen LogP contribution < -0.4 is 0 Å². The van der Waals surface area contributed by atoms with E-state index in [4.69, 9.17) is 6.42 Å². The molecular weight excluding hydrogens is 126 g/mol. The van der Waals surface area contributed by atoms with Crippen LogP contribution in [0.25, 0.3) is 0 Å². The second-order valence-corrected chi connectivity index (χ2v) is 2.75. The predicted octanol–water partition coefficient (Wildman–Crippen LogP) is 0.486. The largest absolute Gasteiger partial charge is 0.342 e. The number of terminal acetylenes is 1. The zero-order chi connectivity index (χ0) is 7.72. The van der Waals surface area contributed by atoms with Crippen LogP contribution >= 0.6 is 0 Å². The lowest BCUT2D eigenvalue weighted by molar-refractivity contribution is -0.129. The van der Waals surface area contributed by atoms with Crippen molar-refractivity contribution in [2.45, 2.75) is 19.4 Å². The first-order valence-electron chi connectivity index (χ1n) is 3.39. The lowest BCUT2D eigenvalue weighted by Gasteiger charge is -2.13. The van der Waals surface area contributed by atoms with Gasteiger partial charge >= 0.3 is 0 Å². The summed E-state index contributed by atoms with van der Waals surface area (Å²) >= 11 is 0. The highest BCUT2D eigenvalue weighted by Gasteiger charge is 2.32. The Labute approximate surface area is 61.2 Å². The SMILES string of the molecule is C#C[C@H]1C[C@@H](C)N(C)C1=O. The maximum absolute atomic E-state index is 11.1. The fraction of sp³-hybridized carbons (Fsp3) is 0.625. The second kappa shape index (κ2) is 2.34. The van der Waals surface area contributed by atoms with E-state index >= 15 is 0 Å². The molecular formula is C8H11NO. The van der Waals surface area contributed by atoms with E-state index in [0.717, 1.165) is 6.42 Å². The van der Waals surface area contributed by atoms with E-state index in [1.54, 1.807) is 11.9 Å². The van der Waals surface area contributed by atoms with Crippen molar-refractivity contribution in [3.8, 4) is 12.3 Å². The average molecular weight is 137 g/mol. The summed E-state index contributed by atoms with van der Waals surface area (Å²) in [7, 11) is 1.80. The average Bonchev–Trinajstić information content (AvgIpc) is 2.17. The Kier molecular flexibility index (Phi) is 1.67. The van der Waals surface area contributed by atoms with Crippen molar-refractivity contribution in [1.82, 2.24) is 4.90 Å². The minimum Gasteiger partial charge on any atom is -0.342 e. The first-order chi connectivity index (χ1) is 4.66. The molecule has 1 fully saturated rings. The van der Waals surface area contributed by atoms with E-state index in [2.05, 4.69) is 5.92 Å². The molecule has 2 heteroatoms. The van der Waals surface area contributed by atoms with Gasteiger partial charge in [-0.2, -0.15) is 0 Å². The van der Waals surface area contributed by atoms with Gasteiger partial charge in [0.2, 0.25) is 5.91 Å². The summed E-state index contributed by atoms with van der Waals surface area (Å²) in [4.78, 5) is 12.8. The molecule has 0 saturated carbocycles. The minimum absolute atomic E-state index is 0.0926. The van der Waals surface area contributed by atoms with Gasteiger partial charge in [0.05, 0.1) is 0 Å². The van der Waals surface area contributed by atoms with Gasteiger partial charge in [-0.1, -0.05) is 5.92 Å². The van der Waals surface area contributed by atoms with Gasteiger partial charge in [-0.05, 0) is 13.3 Å². The summed E-state index contributed by atoms with van der Waals surface area (Å²) in [5.74, 6) is 2.41. The van der Waals surface area contributed by atoms with Crippen molar-refractivity contribution in [2.24, 2.45) is 5.92 Å². The van der Waals surface area contributed by atoms with E-state index in [1.807, 2.05) is 6.92 Å². The highest BCUT2D eigenvalue weighted by molar-refractivity contribution is 5.83. The highest BCUT2D eigenvalue weighted by Crippen LogP contribution is 2.21. The number of carbonyl (C=O) groups excluding carboxylic acids is 1. The molecule has 0 aliphatic carbocycles. The minimum atomic E-state index is -0.167. The molecule has 2 atom stereocenters. The van der Waals surface area contributed by atoms with Crippen LogP contribution in [0.5, 0.6) is 0 Å². The smallest absolute Gasteiger partial charge is 0.237 e. The lowest BCUT2D eigenvalue weighted by Crippen LogP contribution is -2.27. The Morgan fingerprint density at radius 3 is 2.60 bits per heavy atom. The number of nitrogens with zero attached hydrogens (tertiary/aromatic N) is 1. The Morgan fingerprint density at radius 2 is 2.40 bits per heavy atom. The van der Waals surface area contributed by atoms with Crippen molar-refractivity contribution in [3.05, 3.63) is 0 Å². The fourth-order valence-corrected chi connectivity index (χ4v) is 1.20. The van der Waals surface area contributed by atoms with Gasteiger partial charge in [0.1, 0.15) is 5.92 Å². The molecule has 0 aromatic carbocycles. The molecule has 1 amide bonds. The molecule has 1 rings (SSSR count). The second-order valence-electron chi connectivity index (χ2n) is 2.75. The predicted molar refractivity (Wildman–Crippen MR) is 39.2 cm³/mol. The van der Waals surface area contributed by atoms with Crippen LogP contribution in [0.4, 0.5) is 0 Å². The molecule has 2 nitrogen and oxygen atoms in total. The molecule has 54 valence electrons. The Morgan fingerprint density at radius 1 is 1.80 bits per heavy atom. The normalized spacial score (nSPS) is 32.5. The fourth-order valence-electron chi connectivity index (χ4n) is 1.20. The standard InChI is InChI=1S/C8H11NO/c1-4-7-5-6(2)9(3)8(7)10/h1,6-7H,5H2,2-3H3/t6-,7+/m1/s1. The Hall–Kier alpha value is -0.970. The third kappa shape index (κ3) is 0.881. The maximum atomic E-state index is 11.1. The van der Waals surface area contributed by atoms with Crippen molar-refractivity contribution in [3.63, 3.8) is 0 Å². The number of hydrogen-bond acceptors (Lipinski definition) is 1. The van der Waals surface area contributed by atoms with Crippen LogP contribution in [0.2, 0.25) is 0 Å². The van der Waals surface area contributed by atoms with E-state index in [1.165, 1.54) is 0 Å². The molecule has 0 radical (unpaired) electrons. The van der Waals surface area contributed by atoms with Gasteiger partial charge in [-0.3, -0.25) is 4.79 Å². The van der Waals surface area contributed by atoms with Crippen LogP contribution in [-0.4, -0.2) is 23.9 Å². The number of hydrogen-bond donors (Lipinski definition) is 0. The summed E-state index contributed by atoms with van der Waals surface area (Å²) < 4.78 is 0. The quantitative estimate of drug-likeness (QED) is 0.445. The van der Waals surface area contributed by atoms with Gasteiger partial charge in [0.25, 0.3) is 0 Å². The third-order valence-electron chi connectivity index (χ3n) is 2.08. The monoisotopic (exact) mass is 137 g/mol. The molecule has 1 aliphatic rings. The van der Waals surface area contributed by atoms with Gasteiger partial charge in [-0.25, -0.2) is 0 Å². The lowest BCUT2D eigenvalue weighted by atomic mass is 10.1. The topological polar surface area (TPSA) is 20.3 Å². The first kappa shape index (κ1) is 7.14. The summed E-state index contributed by atoms with van der Waals surface area (Å²) in [6.45, 7) is 2.01. The van der Waals surface area contributed by atoms with Crippen molar-refractivity contribution >= 4 is 5.91 Å². The maximum Gasteiger partial charge on any atom is 0.237 e. The van der Waals surface area contributed by atoms with E-state index in [0.29, 0.717) is 6.04 Å². The molecule has 0 N–H and O–H groups in total. The van der Waals surface area contributed by atoms with Crippen LogP contribution in [0.1, 0.15) is 13.3 Å². The molecule has 10 heavy (non-hydrogen) atoms. The van der Waals surface area contributed by atoms with Crippen LogP contribution in [-0.2, 0) is 4.79 Å². The third-order valence-corrected chi connectivity index (χ3v) is 2.08. The molecule has 1 saturated heterocycles. The van der Waals surface area contributed by atoms with Gasteiger partial charge in [0, 0.05) is 13.1 Å². The summed E-state index contributed by atoms with van der Waals surface area (Å²) in [5.41, 5.74) is 0. The first-order valence-corrected chi connectivity index (χ1v) is 3.39. The Balaban J connectivity index is 2.73. The van der Waals surface area contributed by atoms with Crippen LogP contribution in [0, 0.1) is 18.3 Å². The van der Waals surface area contributed by atoms with E-state index in [9.17, 15) is 4.79 Å². The molecule has 1 aliphatic heterocycles. The molecule has 0 aromatic rings. The van der Waals surface area contributed by atoms with Gasteiger partial charge < -0.3 is 4.90 Å². The molecule has 0 bridgehead atoms. The number of rotatable bonds is 0.